The molecule has 1 heterocycles. The van der Waals surface area contributed by atoms with Crippen molar-refractivity contribution in [1.29, 1.82) is 0 Å². The lowest BCUT2D eigenvalue weighted by molar-refractivity contribution is -0.143. The Morgan fingerprint density at radius 3 is 2.27 bits per heavy atom. The number of anilines is 1. The van der Waals surface area contributed by atoms with Gasteiger partial charge in [-0.1, -0.05) is 29.8 Å². The van der Waals surface area contributed by atoms with Crippen molar-refractivity contribution in [2.45, 2.75) is 26.7 Å². The van der Waals surface area contributed by atoms with Gasteiger partial charge in [0.15, 0.2) is 0 Å². The molecule has 7 heteroatoms. The molecule has 26 heavy (non-hydrogen) atoms. The number of amides is 5. The average Bonchev–Trinajstić information content (AvgIpc) is 2.83. The molecule has 3 rings (SSSR count). The van der Waals surface area contributed by atoms with Crippen LogP contribution in [0.1, 0.15) is 24.0 Å². The van der Waals surface area contributed by atoms with Gasteiger partial charge < -0.3 is 5.32 Å². The second kappa shape index (κ2) is 7.11. The van der Waals surface area contributed by atoms with E-state index in [1.165, 1.54) is 0 Å². The SMILES string of the molecule is Cc1ccc(NC(=O)NC(=O)CN2C(=O)[C@H]3CC=CC[C@H]3C2=O)c(C)c1. The number of benzene rings is 1. The highest BCUT2D eigenvalue weighted by Crippen LogP contribution is 2.34. The minimum absolute atomic E-state index is 0.339. The monoisotopic (exact) mass is 355 g/mol. The Kier molecular flexibility index (Phi) is 4.88. The number of likely N-dealkylation sites (tertiary alicyclic amines) is 1. The van der Waals surface area contributed by atoms with Crippen LogP contribution in [0.2, 0.25) is 0 Å². The summed E-state index contributed by atoms with van der Waals surface area (Å²) < 4.78 is 0. The minimum atomic E-state index is -0.694. The highest BCUT2D eigenvalue weighted by Gasteiger charge is 2.47. The fourth-order valence-corrected chi connectivity index (χ4v) is 3.44. The molecule has 0 bridgehead atoms. The first-order chi connectivity index (χ1) is 12.4. The molecule has 1 aromatic rings. The van der Waals surface area contributed by atoms with Crippen molar-refractivity contribution in [2.75, 3.05) is 11.9 Å². The average molecular weight is 355 g/mol. The van der Waals surface area contributed by atoms with Crippen LogP contribution in [0.5, 0.6) is 0 Å². The van der Waals surface area contributed by atoms with Gasteiger partial charge in [0.1, 0.15) is 6.54 Å². The summed E-state index contributed by atoms with van der Waals surface area (Å²) in [5.41, 5.74) is 2.52. The van der Waals surface area contributed by atoms with Crippen LogP contribution >= 0.6 is 0 Å². The van der Waals surface area contributed by atoms with E-state index in [4.69, 9.17) is 0 Å². The number of rotatable bonds is 3. The molecular weight excluding hydrogens is 334 g/mol. The maximum Gasteiger partial charge on any atom is 0.325 e. The maximum absolute atomic E-state index is 12.3. The summed E-state index contributed by atoms with van der Waals surface area (Å²) in [5, 5.41) is 4.77. The van der Waals surface area contributed by atoms with E-state index in [1.54, 1.807) is 6.07 Å². The fourth-order valence-electron chi connectivity index (χ4n) is 3.44. The molecule has 0 spiro atoms. The van der Waals surface area contributed by atoms with Gasteiger partial charge in [-0.3, -0.25) is 24.6 Å². The highest BCUT2D eigenvalue weighted by molar-refractivity contribution is 6.09. The summed E-state index contributed by atoms with van der Waals surface area (Å²) in [4.78, 5) is 49.7. The van der Waals surface area contributed by atoms with Gasteiger partial charge in [0.25, 0.3) is 0 Å². The quantitative estimate of drug-likeness (QED) is 0.639. The predicted octanol–water partition coefficient (Wildman–Crippen LogP) is 1.90. The van der Waals surface area contributed by atoms with Crippen LogP contribution in [0.25, 0.3) is 0 Å². The minimum Gasteiger partial charge on any atom is -0.307 e. The van der Waals surface area contributed by atoms with Gasteiger partial charge >= 0.3 is 6.03 Å². The molecule has 1 saturated heterocycles. The largest absolute Gasteiger partial charge is 0.325 e. The molecule has 0 radical (unpaired) electrons. The third-order valence-electron chi connectivity index (χ3n) is 4.78. The number of imide groups is 2. The standard InChI is InChI=1S/C19H21N3O4/c1-11-7-8-15(12(2)9-11)20-19(26)21-16(23)10-22-17(24)13-5-3-4-6-14(13)18(22)25/h3-4,7-9,13-14H,5-6,10H2,1-2H3,(H2,20,21,23,26)/t13-,14+. The van der Waals surface area contributed by atoms with Gasteiger partial charge in [0.2, 0.25) is 17.7 Å². The van der Waals surface area contributed by atoms with Gasteiger partial charge in [-0.2, -0.15) is 0 Å². The topological polar surface area (TPSA) is 95.6 Å². The van der Waals surface area contributed by atoms with Gasteiger partial charge in [-0.15, -0.1) is 0 Å². The second-order valence-corrected chi connectivity index (χ2v) is 6.74. The Bertz CT molecular complexity index is 789. The molecule has 1 aliphatic heterocycles. The molecule has 1 aromatic carbocycles. The van der Waals surface area contributed by atoms with E-state index < -0.39 is 18.5 Å². The molecule has 0 aromatic heterocycles. The Labute approximate surface area is 151 Å². The van der Waals surface area contributed by atoms with Gasteiger partial charge in [0, 0.05) is 5.69 Å². The zero-order valence-corrected chi connectivity index (χ0v) is 14.7. The molecule has 7 nitrogen and oxygen atoms in total. The summed E-state index contributed by atoms with van der Waals surface area (Å²) in [5.74, 6) is -2.14. The summed E-state index contributed by atoms with van der Waals surface area (Å²) in [7, 11) is 0. The number of urea groups is 1. The Balaban J connectivity index is 1.58. The van der Waals surface area contributed by atoms with E-state index in [0.717, 1.165) is 16.0 Å². The third-order valence-corrected chi connectivity index (χ3v) is 4.78. The number of hydrogen-bond donors (Lipinski definition) is 2. The zero-order chi connectivity index (χ0) is 18.8. The number of aryl methyl sites for hydroxylation is 2. The Morgan fingerprint density at radius 2 is 1.69 bits per heavy atom. The zero-order valence-electron chi connectivity index (χ0n) is 14.7. The van der Waals surface area contributed by atoms with E-state index in [9.17, 15) is 19.2 Å². The number of carbonyl (C=O) groups is 4. The van der Waals surface area contributed by atoms with Gasteiger partial charge in [0.05, 0.1) is 11.8 Å². The molecule has 136 valence electrons. The molecule has 1 fully saturated rings. The van der Waals surface area contributed by atoms with Gasteiger partial charge in [-0.25, -0.2) is 4.79 Å². The number of carbonyl (C=O) groups excluding carboxylic acids is 4. The van der Waals surface area contributed by atoms with Crippen molar-refractivity contribution in [3.05, 3.63) is 41.5 Å². The van der Waals surface area contributed by atoms with Crippen LogP contribution < -0.4 is 10.6 Å². The first-order valence-electron chi connectivity index (χ1n) is 8.55. The summed E-state index contributed by atoms with van der Waals surface area (Å²) in [6.07, 6.45) is 4.79. The number of nitrogens with one attached hydrogen (secondary N) is 2. The van der Waals surface area contributed by atoms with Crippen molar-refractivity contribution in [3.8, 4) is 0 Å². The molecule has 0 unspecified atom stereocenters. The third kappa shape index (κ3) is 3.51. The summed E-state index contributed by atoms with van der Waals surface area (Å²) in [6, 6.07) is 4.82. The highest BCUT2D eigenvalue weighted by atomic mass is 16.2. The molecule has 2 aliphatic rings. The van der Waals surface area contributed by atoms with Crippen LogP contribution in [-0.2, 0) is 14.4 Å². The number of nitrogens with zero attached hydrogens (tertiary/aromatic N) is 1. The smallest absolute Gasteiger partial charge is 0.307 e. The molecular formula is C19H21N3O4. The van der Waals surface area contributed by atoms with E-state index >= 15 is 0 Å². The van der Waals surface area contributed by atoms with Crippen LogP contribution in [0.4, 0.5) is 10.5 Å². The number of hydrogen-bond acceptors (Lipinski definition) is 4. The molecule has 1 aliphatic carbocycles. The summed E-state index contributed by atoms with van der Waals surface area (Å²) in [6.45, 7) is 3.35. The lowest BCUT2D eigenvalue weighted by Crippen LogP contribution is -2.44. The van der Waals surface area contributed by atoms with Crippen molar-refractivity contribution in [3.63, 3.8) is 0 Å². The molecule has 5 amide bonds. The Morgan fingerprint density at radius 1 is 1.08 bits per heavy atom. The molecule has 2 N–H and O–H groups in total. The van der Waals surface area contributed by atoms with Crippen molar-refractivity contribution in [1.82, 2.24) is 10.2 Å². The molecule has 2 atom stereocenters. The van der Waals surface area contributed by atoms with Crippen molar-refractivity contribution < 1.29 is 19.2 Å². The number of fused-ring (bicyclic) bond motifs is 1. The molecule has 0 saturated carbocycles. The first kappa shape index (κ1) is 17.8. The Hall–Kier alpha value is -2.96. The first-order valence-corrected chi connectivity index (χ1v) is 8.55. The van der Waals surface area contributed by atoms with Crippen molar-refractivity contribution in [2.24, 2.45) is 11.8 Å². The van der Waals surface area contributed by atoms with E-state index in [1.807, 2.05) is 38.1 Å². The number of allylic oxidation sites excluding steroid dienone is 2. The van der Waals surface area contributed by atoms with E-state index in [2.05, 4.69) is 10.6 Å². The van der Waals surface area contributed by atoms with Crippen LogP contribution in [0.3, 0.4) is 0 Å². The second-order valence-electron chi connectivity index (χ2n) is 6.74. The van der Waals surface area contributed by atoms with Crippen LogP contribution in [-0.4, -0.2) is 35.2 Å². The van der Waals surface area contributed by atoms with E-state index in [0.29, 0.717) is 18.5 Å². The maximum atomic E-state index is 12.3. The lowest BCUT2D eigenvalue weighted by Gasteiger charge is -2.14. The predicted molar refractivity (Wildman–Crippen MR) is 95.2 cm³/mol. The van der Waals surface area contributed by atoms with Crippen LogP contribution in [0.15, 0.2) is 30.4 Å². The summed E-state index contributed by atoms with van der Waals surface area (Å²) >= 11 is 0. The fraction of sp³-hybridized carbons (Fsp3) is 0.368. The van der Waals surface area contributed by atoms with Gasteiger partial charge in [-0.05, 0) is 38.3 Å². The normalized spacial score (nSPS) is 21.5. The van der Waals surface area contributed by atoms with Crippen molar-refractivity contribution >= 4 is 29.4 Å². The van der Waals surface area contributed by atoms with E-state index in [-0.39, 0.29) is 23.7 Å². The van der Waals surface area contributed by atoms with Crippen LogP contribution in [0, 0.1) is 25.7 Å². The lowest BCUT2D eigenvalue weighted by atomic mass is 9.85.